The molecule has 2 atom stereocenters. The minimum atomic E-state index is -0.613. The molecule has 5 nitrogen and oxygen atoms in total. The summed E-state index contributed by atoms with van der Waals surface area (Å²) in [6.45, 7) is 9.90. The maximum atomic E-state index is 13.1. The number of amides is 2. The summed E-state index contributed by atoms with van der Waals surface area (Å²) in [5, 5.41) is 2.97. The van der Waals surface area contributed by atoms with Crippen molar-refractivity contribution in [3.05, 3.63) is 63.6 Å². The molecule has 2 amide bonds. The van der Waals surface area contributed by atoms with Crippen LogP contribution in [0.1, 0.15) is 43.9 Å². The fraction of sp³-hybridized carbons (Fsp3) is 0.417. The fourth-order valence-corrected chi connectivity index (χ4v) is 3.34. The van der Waals surface area contributed by atoms with Gasteiger partial charge in [0.05, 0.1) is 0 Å². The van der Waals surface area contributed by atoms with Gasteiger partial charge in [0.15, 0.2) is 6.61 Å². The summed E-state index contributed by atoms with van der Waals surface area (Å²) in [4.78, 5) is 27.4. The van der Waals surface area contributed by atoms with Crippen LogP contribution in [0.2, 0.25) is 0 Å². The zero-order chi connectivity index (χ0) is 22.3. The zero-order valence-corrected chi connectivity index (χ0v) is 20.0. The molecule has 0 saturated carbocycles. The number of benzene rings is 2. The predicted octanol–water partition coefficient (Wildman–Crippen LogP) is 4.78. The molecule has 1 N–H and O–H groups in total. The Morgan fingerprint density at radius 1 is 1.07 bits per heavy atom. The number of carbonyl (C=O) groups excluding carboxylic acids is 2. The molecule has 30 heavy (non-hydrogen) atoms. The molecular weight excluding hydrogens is 444 g/mol. The predicted molar refractivity (Wildman–Crippen MR) is 123 cm³/mol. The normalized spacial score (nSPS) is 12.7. The monoisotopic (exact) mass is 474 g/mol. The first-order valence-electron chi connectivity index (χ1n) is 10.2. The summed E-state index contributed by atoms with van der Waals surface area (Å²) in [5.74, 6) is 0.256. The largest absolute Gasteiger partial charge is 0.484 e. The van der Waals surface area contributed by atoms with Gasteiger partial charge in [-0.05, 0) is 75.1 Å². The van der Waals surface area contributed by atoms with Gasteiger partial charge in [0.25, 0.3) is 5.91 Å². The minimum Gasteiger partial charge on any atom is -0.484 e. The van der Waals surface area contributed by atoms with E-state index >= 15 is 0 Å². The van der Waals surface area contributed by atoms with Crippen molar-refractivity contribution in [2.45, 2.75) is 59.7 Å². The molecule has 2 rings (SSSR count). The van der Waals surface area contributed by atoms with Crippen LogP contribution in [0, 0.1) is 13.8 Å². The Labute approximate surface area is 187 Å². The van der Waals surface area contributed by atoms with Gasteiger partial charge in [-0.25, -0.2) is 0 Å². The van der Waals surface area contributed by atoms with Crippen molar-refractivity contribution >= 4 is 27.7 Å². The van der Waals surface area contributed by atoms with Crippen LogP contribution in [-0.4, -0.2) is 35.4 Å². The average Bonchev–Trinajstić information content (AvgIpc) is 2.70. The van der Waals surface area contributed by atoms with E-state index in [0.29, 0.717) is 12.3 Å². The quantitative estimate of drug-likeness (QED) is 0.568. The molecule has 0 saturated heterocycles. The third-order valence-corrected chi connectivity index (χ3v) is 5.52. The molecule has 2 unspecified atom stereocenters. The molecule has 0 aliphatic rings. The Bertz CT molecular complexity index is 847. The van der Waals surface area contributed by atoms with Crippen molar-refractivity contribution < 1.29 is 14.3 Å². The van der Waals surface area contributed by atoms with E-state index in [0.717, 1.165) is 27.6 Å². The van der Waals surface area contributed by atoms with Gasteiger partial charge >= 0.3 is 0 Å². The van der Waals surface area contributed by atoms with E-state index in [-0.39, 0.29) is 24.5 Å². The zero-order valence-electron chi connectivity index (χ0n) is 18.4. The maximum Gasteiger partial charge on any atom is 0.261 e. The van der Waals surface area contributed by atoms with Gasteiger partial charge in [0, 0.05) is 17.1 Å². The fourth-order valence-electron chi connectivity index (χ4n) is 3.08. The Hall–Kier alpha value is -2.34. The topological polar surface area (TPSA) is 58.6 Å². The molecule has 0 aliphatic heterocycles. The smallest absolute Gasteiger partial charge is 0.261 e. The van der Waals surface area contributed by atoms with Crippen LogP contribution in [0.3, 0.4) is 0 Å². The summed E-state index contributed by atoms with van der Waals surface area (Å²) in [7, 11) is 0. The average molecular weight is 475 g/mol. The second-order valence-corrected chi connectivity index (χ2v) is 8.67. The molecule has 0 spiro atoms. The molecule has 0 radical (unpaired) electrons. The number of ether oxygens (including phenoxy) is 1. The minimum absolute atomic E-state index is 0.0519. The van der Waals surface area contributed by atoms with Crippen LogP contribution in [-0.2, 0) is 16.1 Å². The highest BCUT2D eigenvalue weighted by Crippen LogP contribution is 2.18. The molecular formula is C24H31BrN2O3. The summed E-state index contributed by atoms with van der Waals surface area (Å²) >= 11 is 3.43. The number of carbonyl (C=O) groups is 2. The Morgan fingerprint density at radius 2 is 1.67 bits per heavy atom. The lowest BCUT2D eigenvalue weighted by atomic mass is 10.1. The number of nitrogens with one attached hydrogen (secondary N) is 1. The van der Waals surface area contributed by atoms with E-state index in [2.05, 4.69) is 27.3 Å². The van der Waals surface area contributed by atoms with Crippen LogP contribution < -0.4 is 10.1 Å². The van der Waals surface area contributed by atoms with Crippen LogP contribution in [0.15, 0.2) is 46.9 Å². The van der Waals surface area contributed by atoms with Gasteiger partial charge in [-0.1, -0.05) is 41.1 Å². The van der Waals surface area contributed by atoms with Crippen LogP contribution in [0.25, 0.3) is 0 Å². The lowest BCUT2D eigenvalue weighted by molar-refractivity contribution is -0.142. The molecule has 6 heteroatoms. The van der Waals surface area contributed by atoms with E-state index in [1.54, 1.807) is 11.8 Å². The number of hydrogen-bond acceptors (Lipinski definition) is 3. The van der Waals surface area contributed by atoms with Crippen LogP contribution in [0.5, 0.6) is 5.75 Å². The lowest BCUT2D eigenvalue weighted by Crippen LogP contribution is -2.50. The Balaban J connectivity index is 2.16. The standard InChI is InChI=1S/C24H31BrN2O3/c1-6-18(4)26-24(29)19(5)27(14-20-7-9-21(25)10-8-20)23(28)15-30-22-12-16(2)11-17(3)13-22/h7-13,18-19H,6,14-15H2,1-5H3,(H,26,29). The summed E-state index contributed by atoms with van der Waals surface area (Å²) in [6.07, 6.45) is 0.828. The number of hydrogen-bond donors (Lipinski definition) is 1. The number of aryl methyl sites for hydroxylation is 2. The molecule has 0 bridgehead atoms. The molecule has 0 fully saturated rings. The van der Waals surface area contributed by atoms with Gasteiger partial charge < -0.3 is 15.0 Å². The van der Waals surface area contributed by atoms with Crippen molar-refractivity contribution in [3.63, 3.8) is 0 Å². The first-order chi connectivity index (χ1) is 14.2. The second kappa shape index (κ2) is 11.2. The Kier molecular flexibility index (Phi) is 8.90. The molecule has 162 valence electrons. The SMILES string of the molecule is CCC(C)NC(=O)C(C)N(Cc1ccc(Br)cc1)C(=O)COc1cc(C)cc(C)c1. The second-order valence-electron chi connectivity index (χ2n) is 7.75. The molecule has 2 aromatic carbocycles. The van der Waals surface area contributed by atoms with Gasteiger partial charge in [-0.3, -0.25) is 9.59 Å². The van der Waals surface area contributed by atoms with E-state index in [9.17, 15) is 9.59 Å². The summed E-state index contributed by atoms with van der Waals surface area (Å²) < 4.78 is 6.73. The number of nitrogens with zero attached hydrogens (tertiary/aromatic N) is 1. The van der Waals surface area contributed by atoms with Crippen LogP contribution in [0.4, 0.5) is 0 Å². The highest BCUT2D eigenvalue weighted by atomic mass is 79.9. The van der Waals surface area contributed by atoms with E-state index in [4.69, 9.17) is 4.74 Å². The molecule has 2 aromatic rings. The highest BCUT2D eigenvalue weighted by Gasteiger charge is 2.27. The third kappa shape index (κ3) is 7.17. The van der Waals surface area contributed by atoms with Crippen molar-refractivity contribution in [3.8, 4) is 5.75 Å². The third-order valence-electron chi connectivity index (χ3n) is 4.99. The van der Waals surface area contributed by atoms with Crippen molar-refractivity contribution in [1.29, 1.82) is 0 Å². The van der Waals surface area contributed by atoms with Gasteiger partial charge in [-0.15, -0.1) is 0 Å². The summed E-state index contributed by atoms with van der Waals surface area (Å²) in [6, 6.07) is 13.0. The summed E-state index contributed by atoms with van der Waals surface area (Å²) in [5.41, 5.74) is 3.09. The van der Waals surface area contributed by atoms with Gasteiger partial charge in [-0.2, -0.15) is 0 Å². The molecule has 0 aliphatic carbocycles. The van der Waals surface area contributed by atoms with Gasteiger partial charge in [0.1, 0.15) is 11.8 Å². The van der Waals surface area contributed by atoms with E-state index < -0.39 is 6.04 Å². The number of halogens is 1. The van der Waals surface area contributed by atoms with E-state index in [1.165, 1.54) is 0 Å². The van der Waals surface area contributed by atoms with Gasteiger partial charge in [0.2, 0.25) is 5.91 Å². The molecule has 0 aromatic heterocycles. The Morgan fingerprint density at radius 3 is 2.23 bits per heavy atom. The lowest BCUT2D eigenvalue weighted by Gasteiger charge is -2.29. The number of rotatable bonds is 9. The first-order valence-corrected chi connectivity index (χ1v) is 11.0. The first kappa shape index (κ1) is 23.9. The highest BCUT2D eigenvalue weighted by molar-refractivity contribution is 9.10. The van der Waals surface area contributed by atoms with E-state index in [1.807, 2.05) is 64.1 Å². The van der Waals surface area contributed by atoms with Crippen molar-refractivity contribution in [1.82, 2.24) is 10.2 Å². The maximum absolute atomic E-state index is 13.1. The molecule has 0 heterocycles. The van der Waals surface area contributed by atoms with Crippen LogP contribution >= 0.6 is 15.9 Å². The van der Waals surface area contributed by atoms with Crippen molar-refractivity contribution in [2.24, 2.45) is 0 Å². The van der Waals surface area contributed by atoms with Crippen molar-refractivity contribution in [2.75, 3.05) is 6.61 Å².